The minimum Gasteiger partial charge on any atom is -0.343 e. The molecule has 1 aliphatic heterocycles. The van der Waals surface area contributed by atoms with Crippen LogP contribution in [0.5, 0.6) is 0 Å². The van der Waals surface area contributed by atoms with Crippen molar-refractivity contribution in [1.29, 1.82) is 0 Å². The number of piperidine rings is 1. The molecule has 35 heavy (non-hydrogen) atoms. The fourth-order valence-corrected chi connectivity index (χ4v) is 5.50. The van der Waals surface area contributed by atoms with Crippen molar-refractivity contribution >= 4 is 35.1 Å². The Hall–Kier alpha value is -2.68. The van der Waals surface area contributed by atoms with E-state index in [0.29, 0.717) is 42.3 Å². The number of nitrogens with zero attached hydrogens (tertiary/aromatic N) is 2. The smallest absolute Gasteiger partial charge is 0.315 e. The van der Waals surface area contributed by atoms with E-state index in [9.17, 15) is 14.4 Å². The normalized spacial score (nSPS) is 17.4. The van der Waals surface area contributed by atoms with Crippen molar-refractivity contribution in [2.45, 2.75) is 89.3 Å². The lowest BCUT2D eigenvalue weighted by atomic mass is 9.96. The monoisotopic (exact) mass is 499 g/mol. The Kier molecular flexibility index (Phi) is 8.95. The summed E-state index contributed by atoms with van der Waals surface area (Å²) < 4.78 is 2.05. The van der Waals surface area contributed by atoms with Crippen LogP contribution in [0.1, 0.15) is 70.6 Å². The van der Waals surface area contributed by atoms with Crippen LogP contribution in [0.25, 0.3) is 10.9 Å². The van der Waals surface area contributed by atoms with Crippen LogP contribution in [0.2, 0.25) is 0 Å². The average Bonchev–Trinajstić information content (AvgIpc) is 2.86. The second kappa shape index (κ2) is 12.3. The van der Waals surface area contributed by atoms with E-state index in [1.54, 1.807) is 10.6 Å². The van der Waals surface area contributed by atoms with Gasteiger partial charge in [0.05, 0.1) is 10.9 Å². The molecule has 1 aromatic carbocycles. The summed E-state index contributed by atoms with van der Waals surface area (Å²) >= 11 is 5.36. The summed E-state index contributed by atoms with van der Waals surface area (Å²) in [7, 11) is 0. The Balaban J connectivity index is 1.13. The predicted octanol–water partition coefficient (Wildman–Crippen LogP) is 4.24. The number of likely N-dealkylation sites (tertiary alicyclic amines) is 1. The van der Waals surface area contributed by atoms with Crippen molar-refractivity contribution in [2.75, 3.05) is 13.1 Å². The SMILES string of the molecule is O=C(NC1CCCCC1)NC1CCN(C(=O)CCCCCn2c(=S)[nH]c3ccccc3c2=O)CC1. The lowest BCUT2D eigenvalue weighted by Gasteiger charge is -2.33. The van der Waals surface area contributed by atoms with Crippen LogP contribution < -0.4 is 16.2 Å². The van der Waals surface area contributed by atoms with Gasteiger partial charge in [-0.3, -0.25) is 14.2 Å². The molecule has 0 atom stereocenters. The number of aromatic amines is 1. The molecule has 3 amide bonds. The standard InChI is InChI=1S/C26H37N5O3S/c32-23(30-17-14-20(15-18-30)28-25(34)27-19-9-3-1-4-10-19)13-5-2-8-16-31-24(33)21-11-6-7-12-22(21)29-26(31)35/h6-7,11-12,19-20H,1-5,8-10,13-18H2,(H,29,35)(H2,27,28,34). The van der Waals surface area contributed by atoms with Crippen molar-refractivity contribution < 1.29 is 9.59 Å². The van der Waals surface area contributed by atoms with Crippen LogP contribution in [0.3, 0.4) is 0 Å². The number of benzene rings is 1. The third-order valence-corrected chi connectivity index (χ3v) is 7.61. The Bertz CT molecular complexity index is 1130. The van der Waals surface area contributed by atoms with E-state index in [0.717, 1.165) is 50.5 Å². The summed E-state index contributed by atoms with van der Waals surface area (Å²) in [6.45, 7) is 1.93. The van der Waals surface area contributed by atoms with Gasteiger partial charge in [-0.2, -0.15) is 0 Å². The molecule has 9 heteroatoms. The van der Waals surface area contributed by atoms with Gasteiger partial charge in [-0.15, -0.1) is 0 Å². The molecule has 1 aliphatic carbocycles. The Morgan fingerprint density at radius 3 is 2.37 bits per heavy atom. The van der Waals surface area contributed by atoms with Crippen LogP contribution in [0, 0.1) is 4.77 Å². The minimum atomic E-state index is -0.0654. The fourth-order valence-electron chi connectivity index (χ4n) is 5.22. The van der Waals surface area contributed by atoms with Gasteiger partial charge in [0.2, 0.25) is 5.91 Å². The molecule has 0 radical (unpaired) electrons. The molecular formula is C26H37N5O3S. The van der Waals surface area contributed by atoms with E-state index in [-0.39, 0.29) is 23.5 Å². The number of hydrogen-bond acceptors (Lipinski definition) is 4. The number of carbonyl (C=O) groups is 2. The van der Waals surface area contributed by atoms with Crippen LogP contribution in [-0.4, -0.2) is 51.6 Å². The zero-order chi connectivity index (χ0) is 24.6. The second-order valence-corrected chi connectivity index (χ2v) is 10.2. The maximum Gasteiger partial charge on any atom is 0.315 e. The number of para-hydroxylation sites is 1. The van der Waals surface area contributed by atoms with Gasteiger partial charge in [-0.25, -0.2) is 4.79 Å². The molecule has 0 bridgehead atoms. The van der Waals surface area contributed by atoms with Crippen molar-refractivity contribution in [3.63, 3.8) is 0 Å². The van der Waals surface area contributed by atoms with Crippen molar-refractivity contribution in [2.24, 2.45) is 0 Å². The summed E-state index contributed by atoms with van der Waals surface area (Å²) in [5, 5.41) is 6.84. The average molecular weight is 500 g/mol. The molecular weight excluding hydrogens is 462 g/mol. The lowest BCUT2D eigenvalue weighted by molar-refractivity contribution is -0.132. The van der Waals surface area contributed by atoms with Crippen molar-refractivity contribution in [1.82, 2.24) is 25.1 Å². The van der Waals surface area contributed by atoms with Crippen LogP contribution in [0.4, 0.5) is 4.79 Å². The van der Waals surface area contributed by atoms with E-state index in [1.807, 2.05) is 23.1 Å². The molecule has 4 rings (SSSR count). The van der Waals surface area contributed by atoms with E-state index in [2.05, 4.69) is 15.6 Å². The molecule has 0 unspecified atom stereocenters. The summed E-state index contributed by atoms with van der Waals surface area (Å²) in [5.74, 6) is 0.176. The van der Waals surface area contributed by atoms with Crippen LogP contribution in [-0.2, 0) is 11.3 Å². The molecule has 1 aromatic heterocycles. The molecule has 2 fully saturated rings. The fraction of sp³-hybridized carbons (Fsp3) is 0.615. The zero-order valence-electron chi connectivity index (χ0n) is 20.4. The Morgan fingerprint density at radius 1 is 0.943 bits per heavy atom. The third kappa shape index (κ3) is 6.93. The first-order valence-electron chi connectivity index (χ1n) is 13.1. The van der Waals surface area contributed by atoms with E-state index >= 15 is 0 Å². The highest BCUT2D eigenvalue weighted by Crippen LogP contribution is 2.18. The van der Waals surface area contributed by atoms with Gasteiger partial charge in [0.1, 0.15) is 0 Å². The van der Waals surface area contributed by atoms with Crippen LogP contribution >= 0.6 is 12.2 Å². The highest BCUT2D eigenvalue weighted by atomic mass is 32.1. The second-order valence-electron chi connectivity index (χ2n) is 9.85. The molecule has 2 aliphatic rings. The highest BCUT2D eigenvalue weighted by Gasteiger charge is 2.24. The summed E-state index contributed by atoms with van der Waals surface area (Å²) in [6, 6.07) is 7.76. The number of hydrogen-bond donors (Lipinski definition) is 3. The Labute approximate surface area is 211 Å². The van der Waals surface area contributed by atoms with Crippen molar-refractivity contribution in [3.05, 3.63) is 39.4 Å². The maximum atomic E-state index is 12.7. The van der Waals surface area contributed by atoms with Gasteiger partial charge >= 0.3 is 6.03 Å². The molecule has 1 saturated carbocycles. The van der Waals surface area contributed by atoms with E-state index < -0.39 is 0 Å². The minimum absolute atomic E-state index is 0.0629. The van der Waals surface area contributed by atoms with Gasteiger partial charge in [0.25, 0.3) is 5.56 Å². The first-order valence-corrected chi connectivity index (χ1v) is 13.5. The number of aromatic nitrogens is 2. The van der Waals surface area contributed by atoms with Gasteiger partial charge in [-0.1, -0.05) is 37.8 Å². The number of amides is 3. The summed E-state index contributed by atoms with van der Waals surface area (Å²) in [4.78, 5) is 42.6. The van der Waals surface area contributed by atoms with Crippen molar-refractivity contribution in [3.8, 4) is 0 Å². The molecule has 0 spiro atoms. The molecule has 3 N–H and O–H groups in total. The zero-order valence-corrected chi connectivity index (χ0v) is 21.2. The first-order chi connectivity index (χ1) is 17.0. The van der Waals surface area contributed by atoms with Crippen LogP contribution in [0.15, 0.2) is 29.1 Å². The topological polar surface area (TPSA) is 99.2 Å². The number of urea groups is 1. The van der Waals surface area contributed by atoms with Gasteiger partial charge in [0, 0.05) is 38.1 Å². The molecule has 190 valence electrons. The third-order valence-electron chi connectivity index (χ3n) is 7.29. The first kappa shape index (κ1) is 25.4. The highest BCUT2D eigenvalue weighted by molar-refractivity contribution is 7.71. The van der Waals surface area contributed by atoms with E-state index in [4.69, 9.17) is 12.2 Å². The van der Waals surface area contributed by atoms with Gasteiger partial charge in [-0.05, 0) is 62.9 Å². The molecule has 1 saturated heterocycles. The largest absolute Gasteiger partial charge is 0.343 e. The lowest BCUT2D eigenvalue weighted by Crippen LogP contribution is -2.51. The number of nitrogens with one attached hydrogen (secondary N) is 3. The number of fused-ring (bicyclic) bond motifs is 1. The molecule has 2 aromatic rings. The summed E-state index contributed by atoms with van der Waals surface area (Å²) in [5.41, 5.74) is 0.692. The number of H-pyrrole nitrogens is 1. The summed E-state index contributed by atoms with van der Waals surface area (Å²) in [6.07, 6.45) is 10.4. The molecule has 2 heterocycles. The Morgan fingerprint density at radius 2 is 1.63 bits per heavy atom. The predicted molar refractivity (Wildman–Crippen MR) is 140 cm³/mol. The number of rotatable bonds is 8. The maximum absolute atomic E-state index is 12.7. The van der Waals surface area contributed by atoms with Gasteiger partial charge in [0.15, 0.2) is 4.77 Å². The van der Waals surface area contributed by atoms with Gasteiger partial charge < -0.3 is 20.5 Å². The number of carbonyl (C=O) groups excluding carboxylic acids is 2. The number of unbranched alkanes of at least 4 members (excludes halogenated alkanes) is 2. The quantitative estimate of drug-likeness (QED) is 0.374. The van der Waals surface area contributed by atoms with E-state index in [1.165, 1.54) is 19.3 Å². The molecule has 8 nitrogen and oxygen atoms in total.